The van der Waals surface area contributed by atoms with Gasteiger partial charge in [0.05, 0.1) is 27.2 Å². The second-order valence-electron chi connectivity index (χ2n) is 5.59. The van der Waals surface area contributed by atoms with Gasteiger partial charge >= 0.3 is 5.51 Å². The van der Waals surface area contributed by atoms with Gasteiger partial charge in [-0.1, -0.05) is 0 Å². The van der Waals surface area contributed by atoms with Gasteiger partial charge in [-0.15, -0.1) is 0 Å². The lowest BCUT2D eigenvalue weighted by molar-refractivity contribution is -0.388. The van der Waals surface area contributed by atoms with Crippen LogP contribution in [0.1, 0.15) is 6.42 Å². The number of alkyl halides is 3. The summed E-state index contributed by atoms with van der Waals surface area (Å²) in [5, 5.41) is 13.5. The van der Waals surface area contributed by atoms with Crippen LogP contribution >= 0.6 is 11.8 Å². The molecule has 1 aromatic rings. The first-order valence-electron chi connectivity index (χ1n) is 7.28. The number of carbonyl (C=O) groups excluding carboxylic acids is 1. The molecule has 1 saturated heterocycles. The molecule has 8 nitrogen and oxygen atoms in total. The van der Waals surface area contributed by atoms with Gasteiger partial charge in [0, 0.05) is 17.0 Å². The van der Waals surface area contributed by atoms with Crippen LogP contribution in [0.15, 0.2) is 28.0 Å². The molecule has 1 aliphatic heterocycles. The predicted molar refractivity (Wildman–Crippen MR) is 91.5 cm³/mol. The highest BCUT2D eigenvalue weighted by atomic mass is 32.2. The van der Waals surface area contributed by atoms with Crippen LogP contribution in [-0.4, -0.2) is 52.3 Å². The van der Waals surface area contributed by atoms with E-state index in [9.17, 15) is 40.7 Å². The molecule has 0 aliphatic carbocycles. The number of thioether (sulfide) groups is 1. The summed E-state index contributed by atoms with van der Waals surface area (Å²) in [4.78, 5) is 21.2. The van der Waals surface area contributed by atoms with Crippen molar-refractivity contribution in [2.24, 2.45) is 0 Å². The molecule has 2 atom stereocenters. The largest absolute Gasteiger partial charge is 0.446 e. The van der Waals surface area contributed by atoms with Gasteiger partial charge in [0.25, 0.3) is 5.69 Å². The topological polar surface area (TPSA) is 123 Å². The van der Waals surface area contributed by atoms with Crippen molar-refractivity contribution in [2.75, 3.05) is 17.3 Å². The van der Waals surface area contributed by atoms with Gasteiger partial charge in [-0.25, -0.2) is 8.42 Å². The number of nitro groups is 1. The Bertz CT molecular complexity index is 888. The average molecular weight is 446 g/mol. The standard InChI is InChI=1S/C13H13F3N2O6S3/c14-13(15,16)25-9-1-2-11(10(5-9)18(20)21)26(22)6-12(19)17-8-3-4-27(23,24)7-8/h1-2,5,8H,3-4,6-7H2,(H,17,19). The van der Waals surface area contributed by atoms with Crippen LogP contribution in [0.5, 0.6) is 0 Å². The number of benzene rings is 1. The lowest BCUT2D eigenvalue weighted by Gasteiger charge is -2.11. The summed E-state index contributed by atoms with van der Waals surface area (Å²) >= 11 is -0.552. The van der Waals surface area contributed by atoms with Gasteiger partial charge in [0.2, 0.25) is 5.91 Å². The maximum Gasteiger partial charge on any atom is 0.446 e. The SMILES string of the molecule is O=C(CS(=O)c1ccc(SC(F)(F)F)cc1[N+](=O)[O-])NC1CCS(=O)(=O)C1. The zero-order valence-electron chi connectivity index (χ0n) is 13.4. The summed E-state index contributed by atoms with van der Waals surface area (Å²) < 4.78 is 72.1. The number of amides is 1. The predicted octanol–water partition coefficient (Wildman–Crippen LogP) is 1.62. The Labute approximate surface area is 158 Å². The highest BCUT2D eigenvalue weighted by Gasteiger charge is 2.32. The summed E-state index contributed by atoms with van der Waals surface area (Å²) in [6.07, 6.45) is 0.213. The van der Waals surface area contributed by atoms with Crippen molar-refractivity contribution >= 4 is 44.0 Å². The van der Waals surface area contributed by atoms with E-state index in [4.69, 9.17) is 0 Å². The number of halogens is 3. The summed E-state index contributed by atoms with van der Waals surface area (Å²) in [5.41, 5.74) is -5.44. The summed E-state index contributed by atoms with van der Waals surface area (Å²) in [6, 6.07) is 1.86. The van der Waals surface area contributed by atoms with Gasteiger partial charge in [-0.05, 0) is 30.3 Å². The molecule has 0 bridgehead atoms. The third-order valence-electron chi connectivity index (χ3n) is 3.47. The lowest BCUT2D eigenvalue weighted by atomic mass is 10.3. The van der Waals surface area contributed by atoms with Gasteiger partial charge in [-0.2, -0.15) is 13.2 Å². The van der Waals surface area contributed by atoms with Gasteiger partial charge < -0.3 is 5.32 Å². The molecular formula is C13H13F3N2O6S3. The van der Waals surface area contributed by atoms with Crippen LogP contribution in [0.3, 0.4) is 0 Å². The van der Waals surface area contributed by atoms with Crippen molar-refractivity contribution in [1.82, 2.24) is 5.32 Å². The van der Waals surface area contributed by atoms with E-state index >= 15 is 0 Å². The Morgan fingerprint density at radius 2 is 2.07 bits per heavy atom. The summed E-state index contributed by atoms with van der Waals surface area (Å²) in [7, 11) is -5.42. The molecule has 0 aromatic heterocycles. The number of hydrogen-bond acceptors (Lipinski definition) is 7. The molecule has 1 aromatic carbocycles. The first kappa shape index (κ1) is 21.6. The van der Waals surface area contributed by atoms with Crippen molar-refractivity contribution in [2.45, 2.75) is 27.8 Å². The fourth-order valence-corrected chi connectivity index (χ4v) is 5.72. The van der Waals surface area contributed by atoms with Crippen molar-refractivity contribution in [3.05, 3.63) is 28.3 Å². The van der Waals surface area contributed by atoms with Crippen molar-refractivity contribution in [3.63, 3.8) is 0 Å². The lowest BCUT2D eigenvalue weighted by Crippen LogP contribution is -2.38. The maximum atomic E-state index is 12.4. The summed E-state index contributed by atoms with van der Waals surface area (Å²) in [6.45, 7) is 0. The first-order valence-corrected chi connectivity index (χ1v) is 11.2. The first-order chi connectivity index (χ1) is 12.4. The summed E-state index contributed by atoms with van der Waals surface area (Å²) in [5.74, 6) is -1.76. The van der Waals surface area contributed by atoms with E-state index in [1.165, 1.54) is 0 Å². The number of nitro benzene ring substituents is 1. The smallest absolute Gasteiger partial charge is 0.352 e. The highest BCUT2D eigenvalue weighted by Crippen LogP contribution is 2.39. The van der Waals surface area contributed by atoms with Crippen LogP contribution in [0, 0.1) is 10.1 Å². The minimum absolute atomic E-state index is 0.0785. The number of carbonyl (C=O) groups is 1. The highest BCUT2D eigenvalue weighted by molar-refractivity contribution is 8.00. The molecule has 1 N–H and O–H groups in total. The second-order valence-corrected chi connectivity index (χ2v) is 10.4. The van der Waals surface area contributed by atoms with Crippen molar-refractivity contribution < 1.29 is 35.5 Å². The molecule has 0 saturated carbocycles. The molecule has 150 valence electrons. The molecule has 14 heteroatoms. The normalized spacial score (nSPS) is 20.2. The van der Waals surface area contributed by atoms with E-state index in [-0.39, 0.29) is 22.8 Å². The Hall–Kier alpha value is -1.67. The Morgan fingerprint density at radius 3 is 2.59 bits per heavy atom. The molecule has 1 heterocycles. The van der Waals surface area contributed by atoms with Gasteiger partial charge in [-0.3, -0.25) is 19.1 Å². The van der Waals surface area contributed by atoms with Crippen LogP contribution in [0.25, 0.3) is 0 Å². The Balaban J connectivity index is 2.10. The molecular weight excluding hydrogens is 433 g/mol. The minimum atomic E-state index is -4.64. The van der Waals surface area contributed by atoms with Crippen molar-refractivity contribution in [1.29, 1.82) is 0 Å². The Kier molecular flexibility index (Phi) is 6.52. The fourth-order valence-electron chi connectivity index (χ4n) is 2.40. The quantitative estimate of drug-likeness (QED) is 0.400. The van der Waals surface area contributed by atoms with Gasteiger partial charge in [0.1, 0.15) is 10.6 Å². The van der Waals surface area contributed by atoms with Crippen LogP contribution < -0.4 is 5.32 Å². The van der Waals surface area contributed by atoms with E-state index in [0.29, 0.717) is 6.07 Å². The number of nitrogens with zero attached hydrogens (tertiary/aromatic N) is 1. The van der Waals surface area contributed by atoms with E-state index in [1.54, 1.807) is 0 Å². The van der Waals surface area contributed by atoms with Crippen LogP contribution in [-0.2, 0) is 25.4 Å². The molecule has 0 spiro atoms. The number of rotatable bonds is 6. The molecule has 0 radical (unpaired) electrons. The number of hydrogen-bond donors (Lipinski definition) is 1. The van der Waals surface area contributed by atoms with Crippen LogP contribution in [0.2, 0.25) is 0 Å². The molecule has 1 aliphatic rings. The zero-order chi connectivity index (χ0) is 20.4. The maximum absolute atomic E-state index is 12.4. The third-order valence-corrected chi connectivity index (χ3v) is 7.31. The van der Waals surface area contributed by atoms with E-state index in [2.05, 4.69) is 5.32 Å². The van der Waals surface area contributed by atoms with Crippen molar-refractivity contribution in [3.8, 4) is 0 Å². The number of sulfone groups is 1. The number of nitrogens with one attached hydrogen (secondary N) is 1. The Morgan fingerprint density at radius 1 is 1.41 bits per heavy atom. The van der Waals surface area contributed by atoms with Gasteiger partial charge in [0.15, 0.2) is 9.84 Å². The molecule has 1 amide bonds. The molecule has 2 rings (SSSR count). The fraction of sp³-hybridized carbons (Fsp3) is 0.462. The third kappa shape index (κ3) is 6.46. The van der Waals surface area contributed by atoms with E-state index < -0.39 is 71.1 Å². The second kappa shape index (κ2) is 8.14. The monoisotopic (exact) mass is 446 g/mol. The minimum Gasteiger partial charge on any atom is -0.352 e. The average Bonchev–Trinajstić information content (AvgIpc) is 2.83. The zero-order valence-corrected chi connectivity index (χ0v) is 15.8. The molecule has 2 unspecified atom stereocenters. The van der Waals surface area contributed by atoms with E-state index in [0.717, 1.165) is 12.1 Å². The van der Waals surface area contributed by atoms with E-state index in [1.807, 2.05) is 0 Å². The van der Waals surface area contributed by atoms with Crippen LogP contribution in [0.4, 0.5) is 18.9 Å². The molecule has 1 fully saturated rings. The molecule has 27 heavy (non-hydrogen) atoms.